The summed E-state index contributed by atoms with van der Waals surface area (Å²) in [6.07, 6.45) is -0.310. The lowest BCUT2D eigenvalue weighted by Gasteiger charge is -2.12. The van der Waals surface area contributed by atoms with E-state index in [1.54, 1.807) is 12.3 Å². The molecule has 3 heterocycles. The number of halogens is 4. The van der Waals surface area contributed by atoms with Crippen LogP contribution < -0.4 is 10.6 Å². The van der Waals surface area contributed by atoms with Crippen LogP contribution in [0.5, 0.6) is 0 Å². The van der Waals surface area contributed by atoms with Gasteiger partial charge in [0.05, 0.1) is 15.5 Å². The van der Waals surface area contributed by atoms with Gasteiger partial charge < -0.3 is 15.6 Å². The molecule has 4 aromatic rings. The number of carbonyl (C=O) groups excluding carboxylic acids is 1. The Morgan fingerprint density at radius 3 is 2.79 bits per heavy atom. The van der Waals surface area contributed by atoms with Crippen molar-refractivity contribution in [2.45, 2.75) is 19.1 Å². The first-order chi connectivity index (χ1) is 15.8. The number of hydrogen-bond donors (Lipinski definition) is 3. The minimum absolute atomic E-state index is 0.174. The molecule has 0 saturated carbocycles. The third-order valence-corrected chi connectivity index (χ3v) is 6.42. The van der Waals surface area contributed by atoms with Gasteiger partial charge in [0.2, 0.25) is 0 Å². The van der Waals surface area contributed by atoms with Gasteiger partial charge in [-0.05, 0) is 58.8 Å². The van der Waals surface area contributed by atoms with Crippen LogP contribution in [0, 0.1) is 0 Å². The lowest BCUT2D eigenvalue weighted by Crippen LogP contribution is -2.31. The van der Waals surface area contributed by atoms with E-state index in [0.29, 0.717) is 30.0 Å². The second kappa shape index (κ2) is 9.94. The molecule has 0 aliphatic heterocycles. The number of benzene rings is 1. The molecule has 0 aliphatic carbocycles. The summed E-state index contributed by atoms with van der Waals surface area (Å²) in [5, 5.41) is 8.49. The monoisotopic (exact) mass is 492 g/mol. The minimum atomic E-state index is -4.50. The molecule has 5 nitrogen and oxygen atoms in total. The van der Waals surface area contributed by atoms with Gasteiger partial charge in [-0.15, -0.1) is 11.3 Å². The van der Waals surface area contributed by atoms with Gasteiger partial charge in [-0.25, -0.2) is 4.98 Å². The first kappa shape index (κ1) is 23.3. The third kappa shape index (κ3) is 5.55. The lowest BCUT2D eigenvalue weighted by molar-refractivity contribution is -0.137. The summed E-state index contributed by atoms with van der Waals surface area (Å²) in [5.41, 5.74) is 2.43. The molecule has 0 unspecified atom stereocenters. The molecule has 1 aromatic carbocycles. The number of H-pyrrole nitrogens is 1. The number of carbonyl (C=O) groups is 1. The summed E-state index contributed by atoms with van der Waals surface area (Å²) in [6, 6.07) is 9.67. The van der Waals surface area contributed by atoms with Crippen molar-refractivity contribution in [1.82, 2.24) is 20.6 Å². The first-order valence-electron chi connectivity index (χ1n) is 10.1. The van der Waals surface area contributed by atoms with Gasteiger partial charge in [0.25, 0.3) is 5.91 Å². The van der Waals surface area contributed by atoms with Crippen LogP contribution in [0.25, 0.3) is 11.0 Å². The zero-order chi connectivity index (χ0) is 23.4. The van der Waals surface area contributed by atoms with Crippen molar-refractivity contribution in [2.24, 2.45) is 0 Å². The summed E-state index contributed by atoms with van der Waals surface area (Å²) in [4.78, 5) is 20.7. The molecule has 33 heavy (non-hydrogen) atoms. The van der Waals surface area contributed by atoms with E-state index in [0.717, 1.165) is 28.2 Å². The molecule has 0 saturated heterocycles. The fourth-order valence-electron chi connectivity index (χ4n) is 3.53. The minimum Gasteiger partial charge on any atom is -0.350 e. The van der Waals surface area contributed by atoms with E-state index in [4.69, 9.17) is 11.6 Å². The molecule has 0 aliphatic rings. The maximum Gasteiger partial charge on any atom is 0.417 e. The highest BCUT2D eigenvalue weighted by Crippen LogP contribution is 2.35. The van der Waals surface area contributed by atoms with Crippen LogP contribution in [0.3, 0.4) is 0 Å². The van der Waals surface area contributed by atoms with E-state index < -0.39 is 11.7 Å². The van der Waals surface area contributed by atoms with Crippen molar-refractivity contribution in [3.63, 3.8) is 0 Å². The highest BCUT2D eigenvalue weighted by molar-refractivity contribution is 7.12. The summed E-state index contributed by atoms with van der Waals surface area (Å²) >= 11 is 7.02. The molecule has 0 radical (unpaired) electrons. The summed E-state index contributed by atoms with van der Waals surface area (Å²) < 4.78 is 38.9. The molecule has 0 bridgehead atoms. The van der Waals surface area contributed by atoms with Crippen molar-refractivity contribution in [1.29, 1.82) is 0 Å². The van der Waals surface area contributed by atoms with E-state index in [9.17, 15) is 18.0 Å². The Balaban J connectivity index is 1.29. The molecular formula is C23H20ClF3N4OS. The number of fused-ring (bicyclic) bond motifs is 1. The molecule has 172 valence electrons. The zero-order valence-electron chi connectivity index (χ0n) is 17.3. The number of rotatable bonds is 8. The second-order valence-corrected chi connectivity index (χ2v) is 8.73. The fraction of sp³-hybridized carbons (Fsp3) is 0.217. The molecular weight excluding hydrogens is 473 g/mol. The summed E-state index contributed by atoms with van der Waals surface area (Å²) in [7, 11) is 0. The van der Waals surface area contributed by atoms with Gasteiger partial charge in [-0.3, -0.25) is 4.79 Å². The Bertz CT molecular complexity index is 1270. The molecule has 3 N–H and O–H groups in total. The first-order valence-corrected chi connectivity index (χ1v) is 11.4. The van der Waals surface area contributed by atoms with Crippen LogP contribution >= 0.6 is 22.9 Å². The van der Waals surface area contributed by atoms with Crippen molar-refractivity contribution in [3.05, 3.63) is 86.3 Å². The van der Waals surface area contributed by atoms with E-state index in [2.05, 4.69) is 20.6 Å². The van der Waals surface area contributed by atoms with Crippen LogP contribution in [0.4, 0.5) is 13.2 Å². The number of hydrogen-bond acceptors (Lipinski definition) is 4. The largest absolute Gasteiger partial charge is 0.417 e. The fourth-order valence-corrected chi connectivity index (χ4v) is 4.59. The SMILES string of the molecule is O=C(NCCNCc1ccc(Cl)c(C(F)(F)F)c1)c1sccc1Cc1ccnc2[nH]ccc12. The Kier molecular flexibility index (Phi) is 7.02. The van der Waals surface area contributed by atoms with Crippen LogP contribution in [0.1, 0.15) is 31.9 Å². The quantitative estimate of drug-likeness (QED) is 0.288. The number of amides is 1. The average molecular weight is 493 g/mol. The van der Waals surface area contributed by atoms with E-state index in [1.807, 2.05) is 29.8 Å². The van der Waals surface area contributed by atoms with Crippen molar-refractivity contribution < 1.29 is 18.0 Å². The van der Waals surface area contributed by atoms with Gasteiger partial charge in [-0.2, -0.15) is 13.2 Å². The van der Waals surface area contributed by atoms with Crippen LogP contribution in [0.2, 0.25) is 5.02 Å². The predicted molar refractivity (Wildman–Crippen MR) is 124 cm³/mol. The molecule has 1 amide bonds. The van der Waals surface area contributed by atoms with Crippen molar-refractivity contribution in [2.75, 3.05) is 13.1 Å². The Labute approximate surface area is 197 Å². The topological polar surface area (TPSA) is 69.8 Å². The zero-order valence-corrected chi connectivity index (χ0v) is 18.9. The normalized spacial score (nSPS) is 11.8. The highest BCUT2D eigenvalue weighted by Gasteiger charge is 2.33. The molecule has 10 heteroatoms. The Morgan fingerprint density at radius 1 is 1.12 bits per heavy atom. The molecule has 0 spiro atoms. The van der Waals surface area contributed by atoms with E-state index in [1.165, 1.54) is 17.4 Å². The van der Waals surface area contributed by atoms with Gasteiger partial charge in [0.15, 0.2) is 0 Å². The Morgan fingerprint density at radius 2 is 1.97 bits per heavy atom. The van der Waals surface area contributed by atoms with Crippen LogP contribution in [0.15, 0.2) is 54.2 Å². The number of aromatic nitrogens is 2. The number of nitrogens with zero attached hydrogens (tertiary/aromatic N) is 1. The number of alkyl halides is 3. The van der Waals surface area contributed by atoms with E-state index >= 15 is 0 Å². The maximum absolute atomic E-state index is 13.0. The standard InChI is InChI=1S/C23H20ClF3N4OS/c24-19-2-1-14(11-18(19)23(25,26)27)13-28-8-9-31-22(32)20-16(5-10-33-20)12-15-3-6-29-21-17(15)4-7-30-21/h1-7,10-11,28H,8-9,12-13H2,(H,29,30)(H,31,32). The summed E-state index contributed by atoms with van der Waals surface area (Å²) in [5.74, 6) is -0.174. The van der Waals surface area contributed by atoms with E-state index in [-0.39, 0.29) is 17.5 Å². The molecule has 4 rings (SSSR count). The predicted octanol–water partition coefficient (Wildman–Crippen LogP) is 5.41. The molecule has 0 fully saturated rings. The molecule has 0 atom stereocenters. The van der Waals surface area contributed by atoms with Crippen LogP contribution in [-0.2, 0) is 19.1 Å². The van der Waals surface area contributed by atoms with Gasteiger partial charge in [0, 0.05) is 37.4 Å². The van der Waals surface area contributed by atoms with Gasteiger partial charge in [-0.1, -0.05) is 17.7 Å². The third-order valence-electron chi connectivity index (χ3n) is 5.14. The maximum atomic E-state index is 13.0. The van der Waals surface area contributed by atoms with Gasteiger partial charge in [0.1, 0.15) is 5.65 Å². The number of nitrogens with one attached hydrogen (secondary N) is 3. The summed E-state index contributed by atoms with van der Waals surface area (Å²) in [6.45, 7) is 0.979. The van der Waals surface area contributed by atoms with Crippen LogP contribution in [-0.4, -0.2) is 29.0 Å². The average Bonchev–Trinajstić information content (AvgIpc) is 3.43. The number of pyridine rings is 1. The number of thiophene rings is 1. The van der Waals surface area contributed by atoms with Gasteiger partial charge >= 0.3 is 6.18 Å². The van der Waals surface area contributed by atoms with Crippen molar-refractivity contribution >= 4 is 39.9 Å². The highest BCUT2D eigenvalue weighted by atomic mass is 35.5. The van der Waals surface area contributed by atoms with Crippen molar-refractivity contribution in [3.8, 4) is 0 Å². The Hall–Kier alpha value is -2.88. The lowest BCUT2D eigenvalue weighted by atomic mass is 10.0. The number of aromatic amines is 1. The second-order valence-electron chi connectivity index (χ2n) is 7.41. The smallest absolute Gasteiger partial charge is 0.350 e. The molecule has 3 aromatic heterocycles.